The van der Waals surface area contributed by atoms with Crippen LogP contribution in [0.3, 0.4) is 0 Å². The number of nitrogens with one attached hydrogen (secondary N) is 1. The Kier molecular flexibility index (Phi) is 6.67. The van der Waals surface area contributed by atoms with Crippen LogP contribution in [0.4, 0.5) is 5.69 Å². The van der Waals surface area contributed by atoms with E-state index in [1.165, 1.54) is 26.2 Å². The summed E-state index contributed by atoms with van der Waals surface area (Å²) in [6.07, 6.45) is 0. The molecule has 0 bridgehead atoms. The van der Waals surface area contributed by atoms with Gasteiger partial charge in [0.05, 0.1) is 20.0 Å². The van der Waals surface area contributed by atoms with Gasteiger partial charge in [0, 0.05) is 19.8 Å². The van der Waals surface area contributed by atoms with E-state index in [4.69, 9.17) is 46.4 Å². The molecule has 0 radical (unpaired) electrons. The second-order valence-electron chi connectivity index (χ2n) is 5.85. The van der Waals surface area contributed by atoms with Gasteiger partial charge in [-0.1, -0.05) is 46.4 Å². The van der Waals surface area contributed by atoms with Gasteiger partial charge in [0.2, 0.25) is 10.0 Å². The van der Waals surface area contributed by atoms with Crippen LogP contribution in [0.5, 0.6) is 0 Å². The van der Waals surface area contributed by atoms with Crippen molar-refractivity contribution < 1.29 is 13.2 Å². The molecule has 0 saturated carbocycles. The Morgan fingerprint density at radius 3 is 2.19 bits per heavy atom. The fourth-order valence-corrected chi connectivity index (χ4v) is 3.96. The number of carbonyl (C=O) groups is 1. The van der Waals surface area contributed by atoms with E-state index in [2.05, 4.69) is 10.3 Å². The fraction of sp³-hybridized carbons (Fsp3) is 0.250. The number of aromatic nitrogens is 1. The molecule has 0 aliphatic heterocycles. The number of hydrogen-bond acceptors (Lipinski definition) is 4. The minimum atomic E-state index is -3.69. The summed E-state index contributed by atoms with van der Waals surface area (Å²) in [6, 6.07) is 2.89. The zero-order valence-corrected chi connectivity index (χ0v) is 18.5. The van der Waals surface area contributed by atoms with Crippen molar-refractivity contribution in [3.8, 4) is 0 Å². The summed E-state index contributed by atoms with van der Waals surface area (Å²) < 4.78 is 25.9. The van der Waals surface area contributed by atoms with Crippen LogP contribution in [0.25, 0.3) is 0 Å². The van der Waals surface area contributed by atoms with Crippen molar-refractivity contribution in [3.63, 3.8) is 0 Å². The number of rotatable bonds is 4. The lowest BCUT2D eigenvalue weighted by Crippen LogP contribution is -2.23. The second kappa shape index (κ2) is 8.11. The highest BCUT2D eigenvalue weighted by atomic mass is 35.5. The molecule has 0 saturated heterocycles. The lowest BCUT2D eigenvalue weighted by molar-refractivity contribution is 0.102. The number of amides is 1. The summed E-state index contributed by atoms with van der Waals surface area (Å²) >= 11 is 23.7. The number of sulfonamides is 1. The highest BCUT2D eigenvalue weighted by Gasteiger charge is 2.23. The van der Waals surface area contributed by atoms with E-state index < -0.39 is 15.9 Å². The SMILES string of the molecule is Cc1cc(S(=O)(=O)N(C)C)cc(NC(=O)c2nc(Cl)c(Cl)c(Cl)c2Cl)c1C. The molecule has 27 heavy (non-hydrogen) atoms. The standard InChI is InChI=1S/C16H15Cl4N3O3S/c1-7-5-9(27(25,26)23(3)4)6-10(8(7)2)21-16(24)14-12(18)11(17)13(19)15(20)22-14/h5-6H,1-4H3,(H,21,24). The topological polar surface area (TPSA) is 79.4 Å². The lowest BCUT2D eigenvalue weighted by Gasteiger charge is -2.16. The van der Waals surface area contributed by atoms with Crippen LogP contribution >= 0.6 is 46.4 Å². The van der Waals surface area contributed by atoms with Gasteiger partial charge in [0.15, 0.2) is 0 Å². The van der Waals surface area contributed by atoms with Gasteiger partial charge in [-0.15, -0.1) is 0 Å². The first-order chi connectivity index (χ1) is 12.4. The zero-order chi connectivity index (χ0) is 20.7. The van der Waals surface area contributed by atoms with Gasteiger partial charge in [-0.05, 0) is 37.1 Å². The molecule has 0 atom stereocenters. The summed E-state index contributed by atoms with van der Waals surface area (Å²) in [6.45, 7) is 3.48. The third kappa shape index (κ3) is 4.34. The van der Waals surface area contributed by atoms with E-state index in [0.29, 0.717) is 16.8 Å². The molecule has 1 aromatic carbocycles. The maximum Gasteiger partial charge on any atom is 0.275 e. The molecule has 2 rings (SSSR count). The van der Waals surface area contributed by atoms with Crippen LogP contribution in [-0.4, -0.2) is 37.7 Å². The summed E-state index contributed by atoms with van der Waals surface area (Å²) in [5.74, 6) is -0.706. The van der Waals surface area contributed by atoms with Gasteiger partial charge < -0.3 is 5.32 Å². The minimum absolute atomic E-state index is 0.0390. The van der Waals surface area contributed by atoms with Crippen LogP contribution in [0, 0.1) is 13.8 Å². The molecule has 1 N–H and O–H groups in total. The number of carbonyl (C=O) groups excluding carboxylic acids is 1. The number of nitrogens with zero attached hydrogens (tertiary/aromatic N) is 2. The average molecular weight is 471 g/mol. The fourth-order valence-electron chi connectivity index (χ4n) is 2.13. The Morgan fingerprint density at radius 1 is 1.04 bits per heavy atom. The van der Waals surface area contributed by atoms with Gasteiger partial charge in [-0.3, -0.25) is 4.79 Å². The Hall–Kier alpha value is -1.09. The van der Waals surface area contributed by atoms with Crippen LogP contribution < -0.4 is 5.32 Å². The van der Waals surface area contributed by atoms with Gasteiger partial charge in [0.1, 0.15) is 10.8 Å². The van der Waals surface area contributed by atoms with E-state index in [-0.39, 0.29) is 30.8 Å². The largest absolute Gasteiger partial charge is 0.320 e. The van der Waals surface area contributed by atoms with Crippen molar-refractivity contribution in [2.24, 2.45) is 0 Å². The molecule has 1 amide bonds. The number of benzene rings is 1. The monoisotopic (exact) mass is 469 g/mol. The first-order valence-corrected chi connectivity index (χ1v) is 10.4. The maximum atomic E-state index is 12.6. The Labute approximate surface area is 177 Å². The number of halogens is 4. The first-order valence-electron chi connectivity index (χ1n) is 7.43. The highest BCUT2D eigenvalue weighted by Crippen LogP contribution is 2.36. The van der Waals surface area contributed by atoms with Crippen LogP contribution in [0.2, 0.25) is 20.2 Å². The minimum Gasteiger partial charge on any atom is -0.320 e. The molecule has 0 aliphatic carbocycles. The third-order valence-corrected chi connectivity index (χ3v) is 7.34. The van der Waals surface area contributed by atoms with Crippen LogP contribution in [0.15, 0.2) is 17.0 Å². The van der Waals surface area contributed by atoms with Crippen molar-refractivity contribution in [1.82, 2.24) is 9.29 Å². The van der Waals surface area contributed by atoms with Crippen molar-refractivity contribution in [3.05, 3.63) is 49.2 Å². The summed E-state index contributed by atoms with van der Waals surface area (Å²) in [7, 11) is -0.844. The van der Waals surface area contributed by atoms with Crippen LogP contribution in [-0.2, 0) is 10.0 Å². The van der Waals surface area contributed by atoms with Crippen molar-refractivity contribution >= 4 is 68.0 Å². The van der Waals surface area contributed by atoms with Gasteiger partial charge in [-0.2, -0.15) is 0 Å². The Balaban J connectivity index is 2.52. The molecule has 0 spiro atoms. The molecule has 11 heteroatoms. The smallest absolute Gasteiger partial charge is 0.275 e. The lowest BCUT2D eigenvalue weighted by atomic mass is 10.1. The van der Waals surface area contributed by atoms with E-state index in [1.807, 2.05) is 0 Å². The van der Waals surface area contributed by atoms with E-state index in [1.54, 1.807) is 13.8 Å². The molecule has 1 heterocycles. The van der Waals surface area contributed by atoms with E-state index >= 15 is 0 Å². The van der Waals surface area contributed by atoms with Gasteiger partial charge in [0.25, 0.3) is 5.91 Å². The number of hydrogen-bond donors (Lipinski definition) is 1. The summed E-state index contributed by atoms with van der Waals surface area (Å²) in [5.41, 5.74) is 1.43. The van der Waals surface area contributed by atoms with Gasteiger partial charge in [-0.25, -0.2) is 17.7 Å². The third-order valence-electron chi connectivity index (χ3n) is 3.87. The normalized spacial score (nSPS) is 11.7. The molecular formula is C16H15Cl4N3O3S. The molecule has 0 fully saturated rings. The Bertz CT molecular complexity index is 1040. The molecule has 0 aliphatic rings. The quantitative estimate of drug-likeness (QED) is 0.650. The predicted molar refractivity (Wildman–Crippen MR) is 109 cm³/mol. The zero-order valence-electron chi connectivity index (χ0n) is 14.7. The predicted octanol–water partition coefficient (Wildman–Crippen LogP) is 4.81. The number of aryl methyl sites for hydroxylation is 1. The maximum absolute atomic E-state index is 12.6. The molecule has 6 nitrogen and oxygen atoms in total. The summed E-state index contributed by atoms with van der Waals surface area (Å²) in [5, 5.41) is 2.11. The molecular weight excluding hydrogens is 456 g/mol. The Morgan fingerprint density at radius 2 is 1.63 bits per heavy atom. The number of pyridine rings is 1. The van der Waals surface area contributed by atoms with Crippen molar-refractivity contribution in [2.75, 3.05) is 19.4 Å². The molecule has 2 aromatic rings. The summed E-state index contributed by atoms with van der Waals surface area (Å²) in [4.78, 5) is 16.5. The highest BCUT2D eigenvalue weighted by molar-refractivity contribution is 7.89. The van der Waals surface area contributed by atoms with Crippen LogP contribution in [0.1, 0.15) is 21.6 Å². The first kappa shape index (κ1) is 22.2. The average Bonchev–Trinajstić information content (AvgIpc) is 2.59. The van der Waals surface area contributed by atoms with E-state index in [9.17, 15) is 13.2 Å². The van der Waals surface area contributed by atoms with Crippen molar-refractivity contribution in [1.29, 1.82) is 0 Å². The number of anilines is 1. The van der Waals surface area contributed by atoms with Gasteiger partial charge >= 0.3 is 0 Å². The molecule has 0 unspecified atom stereocenters. The van der Waals surface area contributed by atoms with Crippen molar-refractivity contribution in [2.45, 2.75) is 18.7 Å². The molecule has 146 valence electrons. The van der Waals surface area contributed by atoms with E-state index in [0.717, 1.165) is 4.31 Å². The molecule has 1 aromatic heterocycles. The second-order valence-corrected chi connectivity index (χ2v) is 9.49.